The van der Waals surface area contributed by atoms with Crippen molar-refractivity contribution in [1.82, 2.24) is 9.78 Å². The number of carbonyl (C=O) groups is 1. The molecule has 0 aliphatic carbocycles. The van der Waals surface area contributed by atoms with E-state index in [1.54, 1.807) is 36.0 Å². The molecular formula is C14H17N3O3. The highest BCUT2D eigenvalue weighted by Crippen LogP contribution is 2.12. The molecule has 106 valence electrons. The summed E-state index contributed by atoms with van der Waals surface area (Å²) in [5.41, 5.74) is 7.32. The molecule has 0 saturated heterocycles. The Labute approximate surface area is 116 Å². The number of aliphatic hydroxyl groups excluding tert-OH is 1. The number of rotatable bonds is 5. The van der Waals surface area contributed by atoms with Crippen LogP contribution in [0.1, 0.15) is 17.4 Å². The fourth-order valence-electron chi connectivity index (χ4n) is 1.59. The molecule has 0 radical (unpaired) electrons. The van der Waals surface area contributed by atoms with Crippen molar-refractivity contribution >= 4 is 11.7 Å². The minimum absolute atomic E-state index is 0.0228. The van der Waals surface area contributed by atoms with Gasteiger partial charge in [-0.25, -0.2) is 9.48 Å². The third kappa shape index (κ3) is 3.36. The Morgan fingerprint density at radius 2 is 2.30 bits per heavy atom. The molecule has 0 bridgehead atoms. The number of hydrogen-bond acceptors (Lipinski definition) is 5. The summed E-state index contributed by atoms with van der Waals surface area (Å²) in [5.74, 6) is -0.595. The maximum absolute atomic E-state index is 11.8. The smallest absolute Gasteiger partial charge is 0.358 e. The summed E-state index contributed by atoms with van der Waals surface area (Å²) in [5, 5.41) is 13.0. The quantitative estimate of drug-likeness (QED) is 0.633. The van der Waals surface area contributed by atoms with Gasteiger partial charge in [0.2, 0.25) is 0 Å². The van der Waals surface area contributed by atoms with Gasteiger partial charge in [-0.3, -0.25) is 0 Å². The van der Waals surface area contributed by atoms with Crippen LogP contribution in [-0.2, 0) is 4.74 Å². The number of anilines is 1. The van der Waals surface area contributed by atoms with Crippen LogP contribution in [-0.4, -0.2) is 34.1 Å². The highest BCUT2D eigenvalue weighted by molar-refractivity contribution is 5.87. The first-order valence-electron chi connectivity index (χ1n) is 6.29. The lowest BCUT2D eigenvalue weighted by Crippen LogP contribution is -2.15. The fraction of sp³-hybridized carbons (Fsp3) is 0.286. The van der Waals surface area contributed by atoms with Gasteiger partial charge in [0.15, 0.2) is 5.69 Å². The minimum atomic E-state index is -0.507. The van der Waals surface area contributed by atoms with Crippen molar-refractivity contribution in [3.8, 4) is 5.69 Å². The lowest BCUT2D eigenvalue weighted by molar-refractivity contribution is 0.0398. The number of nitrogen functional groups attached to an aromatic ring is 1. The zero-order chi connectivity index (χ0) is 14.5. The van der Waals surface area contributed by atoms with E-state index in [4.69, 9.17) is 15.6 Å². The Balaban J connectivity index is 2.07. The third-order valence-corrected chi connectivity index (χ3v) is 2.74. The van der Waals surface area contributed by atoms with E-state index in [9.17, 15) is 4.79 Å². The second kappa shape index (κ2) is 6.21. The van der Waals surface area contributed by atoms with Crippen LogP contribution < -0.4 is 5.73 Å². The number of nitrogens with zero attached hydrogens (tertiary/aromatic N) is 2. The molecule has 6 nitrogen and oxygen atoms in total. The Bertz CT molecular complexity index is 595. The van der Waals surface area contributed by atoms with Crippen LogP contribution in [0, 0.1) is 5.92 Å². The molecule has 2 rings (SSSR count). The molecule has 0 spiro atoms. The summed E-state index contributed by atoms with van der Waals surface area (Å²) in [7, 11) is 0. The van der Waals surface area contributed by atoms with Crippen LogP contribution in [0.2, 0.25) is 0 Å². The second-order valence-electron chi connectivity index (χ2n) is 4.63. The Hall–Kier alpha value is -2.34. The lowest BCUT2D eigenvalue weighted by Gasteiger charge is -2.07. The summed E-state index contributed by atoms with van der Waals surface area (Å²) in [4.78, 5) is 11.8. The van der Waals surface area contributed by atoms with E-state index >= 15 is 0 Å². The number of nitrogens with two attached hydrogens (primary N) is 1. The zero-order valence-corrected chi connectivity index (χ0v) is 11.2. The normalized spacial score (nSPS) is 12.1. The summed E-state index contributed by atoms with van der Waals surface area (Å²) in [6, 6.07) is 8.77. The fourth-order valence-corrected chi connectivity index (χ4v) is 1.59. The molecule has 0 saturated carbocycles. The van der Waals surface area contributed by atoms with E-state index in [1.165, 1.54) is 0 Å². The predicted molar refractivity (Wildman–Crippen MR) is 74.5 cm³/mol. The average molecular weight is 275 g/mol. The molecule has 0 amide bonds. The van der Waals surface area contributed by atoms with E-state index in [0.717, 1.165) is 5.69 Å². The van der Waals surface area contributed by atoms with E-state index < -0.39 is 5.97 Å². The Morgan fingerprint density at radius 3 is 3.00 bits per heavy atom. The van der Waals surface area contributed by atoms with E-state index in [2.05, 4.69) is 5.10 Å². The van der Waals surface area contributed by atoms with Crippen molar-refractivity contribution in [2.24, 2.45) is 5.92 Å². The van der Waals surface area contributed by atoms with Crippen LogP contribution in [0.15, 0.2) is 36.5 Å². The van der Waals surface area contributed by atoms with E-state index in [0.29, 0.717) is 5.69 Å². The summed E-state index contributed by atoms with van der Waals surface area (Å²) < 4.78 is 6.61. The van der Waals surface area contributed by atoms with Crippen LogP contribution in [0.3, 0.4) is 0 Å². The van der Waals surface area contributed by atoms with Gasteiger partial charge in [-0.2, -0.15) is 5.10 Å². The van der Waals surface area contributed by atoms with Gasteiger partial charge in [-0.1, -0.05) is 13.0 Å². The van der Waals surface area contributed by atoms with Gasteiger partial charge in [-0.05, 0) is 24.3 Å². The number of ether oxygens (including phenoxy) is 1. The second-order valence-corrected chi connectivity index (χ2v) is 4.63. The highest BCUT2D eigenvalue weighted by atomic mass is 16.5. The van der Waals surface area contributed by atoms with Gasteiger partial charge < -0.3 is 15.6 Å². The standard InChI is InChI=1S/C14H17N3O3/c1-10(8-18)9-20-14(19)13-5-6-17(16-13)12-4-2-3-11(15)7-12/h2-7,10,18H,8-9,15H2,1H3. The summed E-state index contributed by atoms with van der Waals surface area (Å²) in [6.45, 7) is 1.93. The van der Waals surface area contributed by atoms with Gasteiger partial charge in [0, 0.05) is 24.4 Å². The lowest BCUT2D eigenvalue weighted by atomic mass is 10.2. The zero-order valence-electron chi connectivity index (χ0n) is 11.2. The van der Waals surface area contributed by atoms with Gasteiger partial charge >= 0.3 is 5.97 Å². The number of carbonyl (C=O) groups excluding carboxylic acids is 1. The van der Waals surface area contributed by atoms with Crippen LogP contribution >= 0.6 is 0 Å². The first-order valence-corrected chi connectivity index (χ1v) is 6.29. The van der Waals surface area contributed by atoms with Gasteiger partial charge in [0.05, 0.1) is 12.3 Å². The number of esters is 1. The van der Waals surface area contributed by atoms with Crippen molar-refractivity contribution in [3.05, 3.63) is 42.2 Å². The van der Waals surface area contributed by atoms with Crippen molar-refractivity contribution in [1.29, 1.82) is 0 Å². The predicted octanol–water partition coefficient (Wildman–Crippen LogP) is 1.24. The average Bonchev–Trinajstić information content (AvgIpc) is 2.94. The number of aliphatic hydroxyl groups is 1. The Kier molecular flexibility index (Phi) is 4.37. The molecule has 0 aliphatic rings. The molecule has 1 aromatic heterocycles. The van der Waals surface area contributed by atoms with Gasteiger partial charge in [0.25, 0.3) is 0 Å². The van der Waals surface area contributed by atoms with Crippen LogP contribution in [0.25, 0.3) is 5.69 Å². The number of aromatic nitrogens is 2. The molecule has 1 heterocycles. The molecular weight excluding hydrogens is 258 g/mol. The Morgan fingerprint density at radius 1 is 1.50 bits per heavy atom. The molecule has 2 aromatic rings. The van der Waals surface area contributed by atoms with Crippen molar-refractivity contribution in [3.63, 3.8) is 0 Å². The number of benzene rings is 1. The molecule has 20 heavy (non-hydrogen) atoms. The molecule has 0 fully saturated rings. The van der Waals surface area contributed by atoms with Gasteiger partial charge in [-0.15, -0.1) is 0 Å². The third-order valence-electron chi connectivity index (χ3n) is 2.74. The molecule has 1 aromatic carbocycles. The topological polar surface area (TPSA) is 90.4 Å². The maximum Gasteiger partial charge on any atom is 0.358 e. The first-order chi connectivity index (χ1) is 9.60. The summed E-state index contributed by atoms with van der Waals surface area (Å²) >= 11 is 0. The molecule has 1 atom stereocenters. The van der Waals surface area contributed by atoms with Crippen LogP contribution in [0.4, 0.5) is 5.69 Å². The largest absolute Gasteiger partial charge is 0.461 e. The first kappa shape index (κ1) is 14.1. The van der Waals surface area contributed by atoms with Crippen molar-refractivity contribution in [2.75, 3.05) is 18.9 Å². The molecule has 0 aliphatic heterocycles. The van der Waals surface area contributed by atoms with Gasteiger partial charge in [0.1, 0.15) is 0 Å². The molecule has 3 N–H and O–H groups in total. The monoisotopic (exact) mass is 275 g/mol. The molecule has 6 heteroatoms. The maximum atomic E-state index is 11.8. The van der Waals surface area contributed by atoms with Crippen molar-refractivity contribution in [2.45, 2.75) is 6.92 Å². The minimum Gasteiger partial charge on any atom is -0.461 e. The molecule has 1 unspecified atom stereocenters. The van der Waals surface area contributed by atoms with E-state index in [-0.39, 0.29) is 24.8 Å². The SMILES string of the molecule is CC(CO)COC(=O)c1ccn(-c2cccc(N)c2)n1. The summed E-state index contributed by atoms with van der Waals surface area (Å²) in [6.07, 6.45) is 1.67. The highest BCUT2D eigenvalue weighted by Gasteiger charge is 2.13. The van der Waals surface area contributed by atoms with Crippen molar-refractivity contribution < 1.29 is 14.6 Å². The van der Waals surface area contributed by atoms with E-state index in [1.807, 2.05) is 12.1 Å². The number of hydrogen-bond donors (Lipinski definition) is 2. The van der Waals surface area contributed by atoms with Crippen LogP contribution in [0.5, 0.6) is 0 Å².